The van der Waals surface area contributed by atoms with Crippen LogP contribution in [0.4, 0.5) is 5.69 Å². The number of pyridine rings is 1. The van der Waals surface area contributed by atoms with Crippen molar-refractivity contribution in [2.75, 3.05) is 18.1 Å². The maximum Gasteiger partial charge on any atom is 0.337 e. The Morgan fingerprint density at radius 3 is 3.05 bits per heavy atom. The van der Waals surface area contributed by atoms with Crippen molar-refractivity contribution >= 4 is 11.7 Å². The highest BCUT2D eigenvalue weighted by atomic mass is 16.5. The molecule has 0 aliphatic carbocycles. The average Bonchev–Trinajstić information content (AvgIpc) is 2.48. The molecule has 5 heteroatoms. The molecule has 1 aromatic heterocycles. The quantitative estimate of drug-likeness (QED) is 0.926. The number of hydrogen-bond donors (Lipinski definition) is 1. The summed E-state index contributed by atoms with van der Waals surface area (Å²) in [4.78, 5) is 17.1. The lowest BCUT2D eigenvalue weighted by molar-refractivity contribution is 0.0696. The van der Waals surface area contributed by atoms with Crippen molar-refractivity contribution in [3.05, 3.63) is 53.9 Å². The summed E-state index contributed by atoms with van der Waals surface area (Å²) in [5.74, 6) is -0.0946. The second-order valence-corrected chi connectivity index (χ2v) is 4.62. The Labute approximate surface area is 116 Å². The number of anilines is 1. The number of carboxylic acids is 1. The summed E-state index contributed by atoms with van der Waals surface area (Å²) < 4.78 is 5.60. The summed E-state index contributed by atoms with van der Waals surface area (Å²) in [7, 11) is 0. The van der Waals surface area contributed by atoms with Crippen molar-refractivity contribution in [1.82, 2.24) is 4.98 Å². The Hall–Kier alpha value is -2.56. The Morgan fingerprint density at radius 1 is 1.35 bits per heavy atom. The highest BCUT2D eigenvalue weighted by Crippen LogP contribution is 2.31. The lowest BCUT2D eigenvalue weighted by atomic mass is 10.1. The minimum Gasteiger partial charge on any atom is -0.490 e. The number of ether oxygens (including phenoxy) is 1. The Morgan fingerprint density at radius 2 is 2.20 bits per heavy atom. The summed E-state index contributed by atoms with van der Waals surface area (Å²) in [6.07, 6.45) is 3.06. The molecule has 0 saturated heterocycles. The van der Waals surface area contributed by atoms with Crippen molar-refractivity contribution in [2.45, 2.75) is 6.54 Å². The normalized spacial score (nSPS) is 13.5. The SMILES string of the molecule is O=C(O)c1cncc(CN2CCOc3ccccc32)c1. The summed E-state index contributed by atoms with van der Waals surface area (Å²) >= 11 is 0. The van der Waals surface area contributed by atoms with Crippen LogP contribution in [0.5, 0.6) is 5.75 Å². The predicted octanol–water partition coefficient (Wildman–Crippen LogP) is 2.18. The first-order chi connectivity index (χ1) is 9.74. The van der Waals surface area contributed by atoms with Crippen LogP contribution in [-0.4, -0.2) is 29.2 Å². The van der Waals surface area contributed by atoms with Crippen molar-refractivity contribution in [1.29, 1.82) is 0 Å². The number of carbonyl (C=O) groups is 1. The molecule has 0 fully saturated rings. The van der Waals surface area contributed by atoms with Gasteiger partial charge in [-0.15, -0.1) is 0 Å². The van der Waals surface area contributed by atoms with E-state index in [-0.39, 0.29) is 5.56 Å². The van der Waals surface area contributed by atoms with Gasteiger partial charge in [-0.25, -0.2) is 4.79 Å². The first kappa shape index (κ1) is 12.5. The van der Waals surface area contributed by atoms with Gasteiger partial charge in [0, 0.05) is 18.9 Å². The van der Waals surface area contributed by atoms with Crippen LogP contribution < -0.4 is 9.64 Å². The number of benzene rings is 1. The molecule has 0 unspecified atom stereocenters. The summed E-state index contributed by atoms with van der Waals surface area (Å²) in [5.41, 5.74) is 2.12. The van der Waals surface area contributed by atoms with E-state index in [1.165, 1.54) is 6.20 Å². The van der Waals surface area contributed by atoms with Crippen molar-refractivity contribution in [2.24, 2.45) is 0 Å². The van der Waals surface area contributed by atoms with Gasteiger partial charge in [-0.1, -0.05) is 12.1 Å². The third-order valence-electron chi connectivity index (χ3n) is 3.24. The smallest absolute Gasteiger partial charge is 0.337 e. The third-order valence-corrected chi connectivity index (χ3v) is 3.24. The second-order valence-electron chi connectivity index (χ2n) is 4.62. The van der Waals surface area contributed by atoms with E-state index in [0.29, 0.717) is 13.2 Å². The molecule has 0 saturated carbocycles. The Kier molecular flexibility index (Phi) is 3.25. The van der Waals surface area contributed by atoms with Gasteiger partial charge in [0.2, 0.25) is 0 Å². The van der Waals surface area contributed by atoms with E-state index in [4.69, 9.17) is 9.84 Å². The molecule has 1 N–H and O–H groups in total. The lowest BCUT2D eigenvalue weighted by Gasteiger charge is -2.31. The van der Waals surface area contributed by atoms with Gasteiger partial charge >= 0.3 is 5.97 Å². The molecule has 0 bridgehead atoms. The van der Waals surface area contributed by atoms with E-state index in [1.54, 1.807) is 12.3 Å². The molecule has 20 heavy (non-hydrogen) atoms. The Bertz CT molecular complexity index is 643. The molecule has 0 spiro atoms. The number of aromatic nitrogens is 1. The van der Waals surface area contributed by atoms with Crippen LogP contribution in [-0.2, 0) is 6.54 Å². The van der Waals surface area contributed by atoms with Crippen LogP contribution in [0.2, 0.25) is 0 Å². The number of carboxylic acid groups (broad SMARTS) is 1. The van der Waals surface area contributed by atoms with Gasteiger partial charge in [0.1, 0.15) is 12.4 Å². The molecular formula is C15H14N2O3. The molecule has 1 aromatic carbocycles. The van der Waals surface area contributed by atoms with Crippen LogP contribution in [0.3, 0.4) is 0 Å². The monoisotopic (exact) mass is 270 g/mol. The predicted molar refractivity (Wildman–Crippen MR) is 74.2 cm³/mol. The van der Waals surface area contributed by atoms with Gasteiger partial charge < -0.3 is 14.7 Å². The standard InChI is InChI=1S/C15H14N2O3/c18-15(19)12-7-11(8-16-9-12)10-17-5-6-20-14-4-2-1-3-13(14)17/h1-4,7-9H,5-6,10H2,(H,18,19). The Balaban J connectivity index is 1.85. The minimum absolute atomic E-state index is 0.212. The lowest BCUT2D eigenvalue weighted by Crippen LogP contribution is -2.32. The highest BCUT2D eigenvalue weighted by Gasteiger charge is 2.17. The van der Waals surface area contributed by atoms with E-state index in [2.05, 4.69) is 9.88 Å². The fourth-order valence-electron chi connectivity index (χ4n) is 2.30. The summed E-state index contributed by atoms with van der Waals surface area (Å²) in [6.45, 7) is 2.02. The number of rotatable bonds is 3. The molecule has 0 amide bonds. The summed E-state index contributed by atoms with van der Waals surface area (Å²) in [5, 5.41) is 9.00. The van der Waals surface area contributed by atoms with Gasteiger partial charge in [0.05, 0.1) is 17.8 Å². The van der Waals surface area contributed by atoms with E-state index in [1.807, 2.05) is 24.3 Å². The van der Waals surface area contributed by atoms with Gasteiger partial charge in [-0.2, -0.15) is 0 Å². The van der Waals surface area contributed by atoms with Crippen LogP contribution in [0.25, 0.3) is 0 Å². The zero-order chi connectivity index (χ0) is 13.9. The number of fused-ring (bicyclic) bond motifs is 1. The fourth-order valence-corrected chi connectivity index (χ4v) is 2.30. The third kappa shape index (κ3) is 2.42. The largest absolute Gasteiger partial charge is 0.490 e. The molecule has 3 rings (SSSR count). The molecular weight excluding hydrogens is 256 g/mol. The molecule has 1 aliphatic heterocycles. The number of para-hydroxylation sites is 2. The molecule has 1 aliphatic rings. The maximum atomic E-state index is 11.0. The topological polar surface area (TPSA) is 62.7 Å². The van der Waals surface area contributed by atoms with E-state index in [0.717, 1.165) is 23.5 Å². The van der Waals surface area contributed by atoms with Crippen molar-refractivity contribution in [3.63, 3.8) is 0 Å². The molecule has 102 valence electrons. The molecule has 2 heterocycles. The molecule has 2 aromatic rings. The average molecular weight is 270 g/mol. The van der Waals surface area contributed by atoms with Gasteiger partial charge in [-0.3, -0.25) is 4.98 Å². The van der Waals surface area contributed by atoms with Crippen LogP contribution in [0.1, 0.15) is 15.9 Å². The van der Waals surface area contributed by atoms with Crippen LogP contribution in [0, 0.1) is 0 Å². The van der Waals surface area contributed by atoms with Crippen molar-refractivity contribution in [3.8, 4) is 5.75 Å². The number of aromatic carboxylic acids is 1. The van der Waals surface area contributed by atoms with Crippen LogP contribution in [0.15, 0.2) is 42.7 Å². The number of nitrogens with zero attached hydrogens (tertiary/aromatic N) is 2. The highest BCUT2D eigenvalue weighted by molar-refractivity contribution is 5.87. The van der Waals surface area contributed by atoms with E-state index >= 15 is 0 Å². The van der Waals surface area contributed by atoms with Gasteiger partial charge in [0.25, 0.3) is 0 Å². The second kappa shape index (κ2) is 5.21. The van der Waals surface area contributed by atoms with E-state index in [9.17, 15) is 4.79 Å². The maximum absolute atomic E-state index is 11.0. The first-order valence-corrected chi connectivity index (χ1v) is 6.38. The van der Waals surface area contributed by atoms with Gasteiger partial charge in [-0.05, 0) is 23.8 Å². The zero-order valence-corrected chi connectivity index (χ0v) is 10.8. The minimum atomic E-state index is -0.957. The molecule has 0 radical (unpaired) electrons. The van der Waals surface area contributed by atoms with Crippen LogP contribution >= 0.6 is 0 Å². The van der Waals surface area contributed by atoms with E-state index < -0.39 is 5.97 Å². The molecule has 5 nitrogen and oxygen atoms in total. The number of hydrogen-bond acceptors (Lipinski definition) is 4. The molecule has 0 atom stereocenters. The first-order valence-electron chi connectivity index (χ1n) is 6.38. The summed E-state index contributed by atoms with van der Waals surface area (Å²) in [6, 6.07) is 9.51. The van der Waals surface area contributed by atoms with Crippen molar-refractivity contribution < 1.29 is 14.6 Å². The zero-order valence-electron chi connectivity index (χ0n) is 10.8. The fraction of sp³-hybridized carbons (Fsp3) is 0.200. The van der Waals surface area contributed by atoms with Gasteiger partial charge in [0.15, 0.2) is 0 Å².